The van der Waals surface area contributed by atoms with Crippen LogP contribution in [0.5, 0.6) is 0 Å². The molecule has 0 fully saturated rings. The van der Waals surface area contributed by atoms with Gasteiger partial charge in [0.05, 0.1) is 26.4 Å². The Morgan fingerprint density at radius 2 is 0.510 bits per heavy atom. The molecule has 590 valence electrons. The zero-order chi connectivity index (χ0) is 76.0. The van der Waals surface area contributed by atoms with Crippen molar-refractivity contribution < 1.29 is 80.2 Å². The van der Waals surface area contributed by atoms with Gasteiger partial charge in [-0.2, -0.15) is 0 Å². The number of phosphoric ester groups is 2. The van der Waals surface area contributed by atoms with Crippen LogP contribution in [-0.2, 0) is 65.4 Å². The van der Waals surface area contributed by atoms with Gasteiger partial charge in [0.2, 0.25) is 0 Å². The zero-order valence-electron chi connectivity index (χ0n) is 64.4. The van der Waals surface area contributed by atoms with Gasteiger partial charge in [-0.1, -0.05) is 281 Å². The Balaban J connectivity index is 5.45. The highest BCUT2D eigenvalue weighted by atomic mass is 31.2. The number of unbranched alkanes of at least 4 members (excludes halogenated alkanes) is 18. The third kappa shape index (κ3) is 74.7. The van der Waals surface area contributed by atoms with Crippen molar-refractivity contribution in [1.82, 2.24) is 0 Å². The first-order valence-electron chi connectivity index (χ1n) is 39.4. The highest BCUT2D eigenvalue weighted by Gasteiger charge is 2.30. The van der Waals surface area contributed by atoms with Gasteiger partial charge in [-0.3, -0.25) is 37.3 Å². The van der Waals surface area contributed by atoms with Gasteiger partial charge in [-0.05, 0) is 148 Å². The minimum Gasteiger partial charge on any atom is -0.462 e. The average Bonchev–Trinajstić information content (AvgIpc) is 0.931. The summed E-state index contributed by atoms with van der Waals surface area (Å²) in [5.41, 5.74) is 0. The topological polar surface area (TPSA) is 237 Å². The molecular formula is C85H138O17P2. The standard InChI is InChI=1S/C85H138O17P2/c1-5-9-13-17-21-25-29-32-35-38-39-42-44-47-51-54-58-62-66-70-83(88)96-76-81(102-85(90)72-68-64-60-56-52-48-45-41-37-34-31-27-23-19-15-11-7-3)78-100-104(93,94)98-74-79(86)73-97-103(91,92)99-77-80(101-84(89)71-67-63-59-55-49-28-24-20-16-12-8-4)75-95-82(87)69-65-61-57-53-50-46-43-40-36-33-30-26-22-18-14-10-6-2/h9-11,13-15,21-23,25-27,32-37,39,42-43,45-48,51,53,57,79-81,86H,5-8,12,16-20,24,28-31,38,40-41,44,49-50,52,54-56,58-78H2,1-4H3,(H,91,92)(H,93,94)/b13-9-,14-10-,15-11-,25-21-,26-22-,27-23-,35-32-,36-33-,37-34-,42-39-,46-43-,48-45-,51-47-,57-53-. The van der Waals surface area contributed by atoms with Gasteiger partial charge in [-0.15, -0.1) is 0 Å². The molecular weight excluding hydrogens is 1350 g/mol. The second kappa shape index (κ2) is 75.6. The molecule has 5 atom stereocenters. The van der Waals surface area contributed by atoms with E-state index in [4.69, 9.17) is 37.0 Å². The van der Waals surface area contributed by atoms with E-state index in [0.29, 0.717) is 32.1 Å². The quantitative estimate of drug-likeness (QED) is 0.0169. The van der Waals surface area contributed by atoms with E-state index in [-0.39, 0.29) is 25.7 Å². The normalized spacial score (nSPS) is 14.8. The van der Waals surface area contributed by atoms with Gasteiger partial charge >= 0.3 is 39.5 Å². The Bertz CT molecular complexity index is 2640. The number of aliphatic hydroxyl groups excluding tert-OH is 1. The highest BCUT2D eigenvalue weighted by Crippen LogP contribution is 2.45. The Morgan fingerprint density at radius 3 is 0.817 bits per heavy atom. The van der Waals surface area contributed by atoms with Crippen LogP contribution in [0.25, 0.3) is 0 Å². The van der Waals surface area contributed by atoms with Gasteiger partial charge in [0.15, 0.2) is 12.2 Å². The molecule has 0 bridgehead atoms. The summed E-state index contributed by atoms with van der Waals surface area (Å²) in [4.78, 5) is 72.9. The molecule has 0 aliphatic heterocycles. The van der Waals surface area contributed by atoms with Crippen molar-refractivity contribution in [3.63, 3.8) is 0 Å². The number of hydrogen-bond donors (Lipinski definition) is 3. The molecule has 0 rings (SSSR count). The maximum Gasteiger partial charge on any atom is 0.472 e. The highest BCUT2D eigenvalue weighted by molar-refractivity contribution is 7.47. The number of esters is 4. The van der Waals surface area contributed by atoms with E-state index < -0.39 is 97.5 Å². The van der Waals surface area contributed by atoms with E-state index >= 15 is 0 Å². The molecule has 0 aromatic rings. The molecule has 0 radical (unpaired) electrons. The third-order valence-electron chi connectivity index (χ3n) is 15.7. The fourth-order valence-corrected chi connectivity index (χ4v) is 11.4. The van der Waals surface area contributed by atoms with Crippen LogP contribution >= 0.6 is 15.6 Å². The third-order valence-corrected chi connectivity index (χ3v) is 17.6. The first-order valence-corrected chi connectivity index (χ1v) is 42.4. The number of hydrogen-bond acceptors (Lipinski definition) is 15. The molecule has 0 heterocycles. The summed E-state index contributed by atoms with van der Waals surface area (Å²) in [6.07, 6.45) is 89.2. The molecule has 0 amide bonds. The SMILES string of the molecule is CC/C=C\C/C=C\C/C=C\C/C=C\C/C=C\CCCCCC(=O)OCC(COP(=O)(O)OCC(O)COP(=O)(O)OCC(COC(=O)CCC/C=C\C/C=C\C/C=C\C/C=C\C/C=C\CC)OC(=O)CCCCCCCCCCCCC)OC(=O)CCCCCC/C=C\C/C=C\C/C=C\C/C=C\CC. The van der Waals surface area contributed by atoms with Crippen LogP contribution in [0.4, 0.5) is 0 Å². The summed E-state index contributed by atoms with van der Waals surface area (Å²) in [5, 5.41) is 10.6. The first-order chi connectivity index (χ1) is 50.7. The molecule has 104 heavy (non-hydrogen) atoms. The van der Waals surface area contributed by atoms with Crippen LogP contribution in [0, 0.1) is 0 Å². The lowest BCUT2D eigenvalue weighted by Gasteiger charge is -2.21. The number of aliphatic hydroxyl groups is 1. The van der Waals surface area contributed by atoms with Gasteiger partial charge < -0.3 is 33.8 Å². The molecule has 0 aliphatic carbocycles. The van der Waals surface area contributed by atoms with E-state index in [1.807, 2.05) is 12.2 Å². The minimum absolute atomic E-state index is 0.0520. The molecule has 17 nitrogen and oxygen atoms in total. The zero-order valence-corrected chi connectivity index (χ0v) is 66.2. The van der Waals surface area contributed by atoms with Crippen LogP contribution in [-0.4, -0.2) is 96.7 Å². The number of rotatable bonds is 72. The fraction of sp³-hybridized carbons (Fsp3) is 0.624. The van der Waals surface area contributed by atoms with E-state index in [2.05, 4.69) is 186 Å². The van der Waals surface area contributed by atoms with Gasteiger partial charge in [0.1, 0.15) is 19.3 Å². The second-order valence-electron chi connectivity index (χ2n) is 25.5. The Labute approximate surface area is 629 Å². The Morgan fingerprint density at radius 1 is 0.279 bits per heavy atom. The predicted octanol–water partition coefficient (Wildman–Crippen LogP) is 23.0. The lowest BCUT2D eigenvalue weighted by Crippen LogP contribution is -2.30. The number of phosphoric acid groups is 2. The van der Waals surface area contributed by atoms with Crippen LogP contribution in [0.1, 0.15) is 285 Å². The maximum absolute atomic E-state index is 13.1. The Hall–Kier alpha value is -5.58. The summed E-state index contributed by atoms with van der Waals surface area (Å²) in [5.74, 6) is -2.32. The van der Waals surface area contributed by atoms with Crippen LogP contribution in [0.3, 0.4) is 0 Å². The summed E-state index contributed by atoms with van der Waals surface area (Å²) >= 11 is 0. The fourth-order valence-electron chi connectivity index (χ4n) is 9.80. The number of ether oxygens (including phenoxy) is 4. The summed E-state index contributed by atoms with van der Waals surface area (Å²) in [6, 6.07) is 0. The molecule has 0 saturated carbocycles. The van der Waals surface area contributed by atoms with Gasteiger partial charge in [0.25, 0.3) is 0 Å². The lowest BCUT2D eigenvalue weighted by molar-refractivity contribution is -0.161. The second-order valence-corrected chi connectivity index (χ2v) is 28.4. The minimum atomic E-state index is -5.00. The first kappa shape index (κ1) is 98.4. The Kier molecular flexibility index (Phi) is 71.6. The molecule has 19 heteroatoms. The van der Waals surface area contributed by atoms with E-state index in [1.54, 1.807) is 0 Å². The van der Waals surface area contributed by atoms with Crippen molar-refractivity contribution in [2.45, 2.75) is 303 Å². The molecule has 0 spiro atoms. The molecule has 0 aromatic heterocycles. The van der Waals surface area contributed by atoms with E-state index in [0.717, 1.165) is 161 Å². The summed E-state index contributed by atoms with van der Waals surface area (Å²) in [6.45, 7) is 4.38. The van der Waals surface area contributed by atoms with Crippen molar-refractivity contribution in [2.75, 3.05) is 39.6 Å². The summed E-state index contributed by atoms with van der Waals surface area (Å²) in [7, 11) is -10.00. The number of carbonyl (C=O) groups excluding carboxylic acids is 4. The molecule has 0 aromatic carbocycles. The molecule has 0 saturated heterocycles. The smallest absolute Gasteiger partial charge is 0.462 e. The molecule has 3 N–H and O–H groups in total. The van der Waals surface area contributed by atoms with Crippen LogP contribution < -0.4 is 0 Å². The van der Waals surface area contributed by atoms with Gasteiger partial charge in [-0.25, -0.2) is 9.13 Å². The van der Waals surface area contributed by atoms with Crippen molar-refractivity contribution >= 4 is 39.5 Å². The van der Waals surface area contributed by atoms with Crippen molar-refractivity contribution in [1.29, 1.82) is 0 Å². The maximum atomic E-state index is 13.1. The van der Waals surface area contributed by atoms with Crippen LogP contribution in [0.15, 0.2) is 170 Å². The molecule has 5 unspecified atom stereocenters. The average molecular weight is 1490 g/mol. The van der Waals surface area contributed by atoms with Crippen molar-refractivity contribution in [3.8, 4) is 0 Å². The molecule has 0 aliphatic rings. The number of carbonyl (C=O) groups is 4. The lowest BCUT2D eigenvalue weighted by atomic mass is 10.1. The predicted molar refractivity (Wildman–Crippen MR) is 426 cm³/mol. The van der Waals surface area contributed by atoms with E-state index in [9.17, 15) is 43.2 Å². The van der Waals surface area contributed by atoms with Crippen molar-refractivity contribution in [3.05, 3.63) is 170 Å². The van der Waals surface area contributed by atoms with Crippen molar-refractivity contribution in [2.24, 2.45) is 0 Å². The monoisotopic (exact) mass is 1490 g/mol. The summed E-state index contributed by atoms with van der Waals surface area (Å²) < 4.78 is 68.4. The van der Waals surface area contributed by atoms with Crippen LogP contribution in [0.2, 0.25) is 0 Å². The van der Waals surface area contributed by atoms with E-state index in [1.165, 1.54) is 38.5 Å². The largest absolute Gasteiger partial charge is 0.472 e. The van der Waals surface area contributed by atoms with Gasteiger partial charge in [0, 0.05) is 25.7 Å². The number of allylic oxidation sites excluding steroid dienone is 28.